The van der Waals surface area contributed by atoms with Gasteiger partial charge in [0.05, 0.1) is 12.7 Å². The van der Waals surface area contributed by atoms with Crippen LogP contribution < -0.4 is 15.8 Å². The van der Waals surface area contributed by atoms with Crippen molar-refractivity contribution in [1.29, 1.82) is 0 Å². The molecule has 6 nitrogen and oxygen atoms in total. The van der Waals surface area contributed by atoms with Crippen LogP contribution in [0.4, 0.5) is 5.69 Å². The number of carbonyl (C=O) groups is 2. The number of aryl methyl sites for hydroxylation is 1. The van der Waals surface area contributed by atoms with Crippen molar-refractivity contribution in [2.24, 2.45) is 18.2 Å². The van der Waals surface area contributed by atoms with Crippen LogP contribution in [0.5, 0.6) is 5.75 Å². The number of rotatable bonds is 9. The summed E-state index contributed by atoms with van der Waals surface area (Å²) in [6, 6.07) is 12.3. The van der Waals surface area contributed by atoms with Crippen molar-refractivity contribution in [2.75, 3.05) is 12.4 Å². The molecule has 6 heteroatoms. The number of amides is 1. The summed E-state index contributed by atoms with van der Waals surface area (Å²) in [5.74, 6) is 0.360. The van der Waals surface area contributed by atoms with Gasteiger partial charge in [-0.3, -0.25) is 4.79 Å². The summed E-state index contributed by atoms with van der Waals surface area (Å²) in [5, 5.41) is 4.71. The number of primary amides is 1. The molecule has 0 atom stereocenters. The Balaban J connectivity index is 1.90. The molecule has 1 aliphatic rings. The number of nitrogens with two attached hydrogens (primary N) is 1. The fourth-order valence-corrected chi connectivity index (χ4v) is 5.38. The van der Waals surface area contributed by atoms with Crippen molar-refractivity contribution >= 4 is 28.8 Å². The lowest BCUT2D eigenvalue weighted by Crippen LogP contribution is -2.24. The molecular weight excluding hydrogens is 438 g/mol. The van der Waals surface area contributed by atoms with E-state index in [0.29, 0.717) is 18.0 Å². The van der Waals surface area contributed by atoms with Crippen LogP contribution in [-0.4, -0.2) is 29.9 Å². The number of carbonyl (C=O) groups excluding carboxylic acids is 2. The van der Waals surface area contributed by atoms with Crippen LogP contribution in [0.1, 0.15) is 68.4 Å². The number of aromatic nitrogens is 1. The van der Waals surface area contributed by atoms with E-state index in [4.69, 9.17) is 10.5 Å². The molecule has 1 saturated carbocycles. The molecule has 1 aromatic heterocycles. The van der Waals surface area contributed by atoms with E-state index < -0.39 is 5.91 Å². The number of anilines is 1. The quantitative estimate of drug-likeness (QED) is 0.380. The van der Waals surface area contributed by atoms with E-state index in [1.807, 2.05) is 18.2 Å². The van der Waals surface area contributed by atoms with E-state index in [0.717, 1.165) is 64.7 Å². The van der Waals surface area contributed by atoms with E-state index in [-0.39, 0.29) is 5.41 Å². The lowest BCUT2D eigenvalue weighted by molar-refractivity contribution is -0.109. The number of hydrogen-bond donors (Lipinski definition) is 2. The first-order chi connectivity index (χ1) is 16.7. The Hall–Kier alpha value is -3.28. The van der Waals surface area contributed by atoms with Crippen molar-refractivity contribution in [2.45, 2.75) is 64.8 Å². The highest BCUT2D eigenvalue weighted by Crippen LogP contribution is 2.41. The highest BCUT2D eigenvalue weighted by Gasteiger charge is 2.26. The molecule has 0 saturated heterocycles. The van der Waals surface area contributed by atoms with Gasteiger partial charge in [-0.05, 0) is 60.6 Å². The van der Waals surface area contributed by atoms with Crippen LogP contribution in [0.15, 0.2) is 36.4 Å². The third-order valence-electron chi connectivity index (χ3n) is 7.35. The first kappa shape index (κ1) is 24.8. The topological polar surface area (TPSA) is 86.3 Å². The van der Waals surface area contributed by atoms with Crippen molar-refractivity contribution in [3.8, 4) is 16.9 Å². The second-order valence-electron chi connectivity index (χ2n) is 10.6. The molecule has 1 aliphatic carbocycles. The summed E-state index contributed by atoms with van der Waals surface area (Å²) in [6.07, 6.45) is 8.06. The van der Waals surface area contributed by atoms with Crippen LogP contribution in [0.3, 0.4) is 0 Å². The highest BCUT2D eigenvalue weighted by atomic mass is 16.5. The molecule has 0 bridgehead atoms. The number of methoxy groups -OCH3 is 1. The Bertz CT molecular complexity index is 1240. The lowest BCUT2D eigenvalue weighted by Gasteiger charge is -2.26. The van der Waals surface area contributed by atoms with Crippen LogP contribution >= 0.6 is 0 Å². The van der Waals surface area contributed by atoms with E-state index in [1.54, 1.807) is 7.11 Å². The van der Waals surface area contributed by atoms with Gasteiger partial charge in [-0.1, -0.05) is 39.2 Å². The molecule has 2 aromatic carbocycles. The molecule has 1 amide bonds. The third kappa shape index (κ3) is 5.21. The predicted molar refractivity (Wildman–Crippen MR) is 142 cm³/mol. The number of ether oxygens (including phenoxy) is 1. The second kappa shape index (κ2) is 10.1. The molecule has 0 radical (unpaired) electrons. The summed E-state index contributed by atoms with van der Waals surface area (Å²) in [5.41, 5.74) is 11.2. The van der Waals surface area contributed by atoms with Crippen LogP contribution in [0, 0.1) is 5.41 Å². The average molecular weight is 476 g/mol. The standard InChI is InChI=1S/C29H37N3O3/c1-29(2,14-15-33)18-26-27(23-17-21(35-4)11-13-25(23)32(26)3)19-10-12-22(28(30)34)24(16-19)31-20-8-6-5-7-9-20/h10-13,15-17,20,31H,5-9,14,18H2,1-4H3,(H2,30,34). The minimum atomic E-state index is -0.429. The summed E-state index contributed by atoms with van der Waals surface area (Å²) < 4.78 is 7.76. The van der Waals surface area contributed by atoms with Crippen molar-refractivity contribution < 1.29 is 14.3 Å². The van der Waals surface area contributed by atoms with E-state index >= 15 is 0 Å². The number of fused-ring (bicyclic) bond motifs is 1. The molecule has 0 spiro atoms. The Morgan fingerprint density at radius 2 is 1.91 bits per heavy atom. The van der Waals surface area contributed by atoms with Crippen LogP contribution in [0.25, 0.3) is 22.0 Å². The Labute approximate surface area is 207 Å². The largest absolute Gasteiger partial charge is 0.497 e. The minimum absolute atomic E-state index is 0.195. The zero-order valence-corrected chi connectivity index (χ0v) is 21.3. The molecule has 186 valence electrons. The van der Waals surface area contributed by atoms with Gasteiger partial charge in [0.1, 0.15) is 12.0 Å². The number of nitrogens with one attached hydrogen (secondary N) is 1. The zero-order valence-electron chi connectivity index (χ0n) is 21.3. The highest BCUT2D eigenvalue weighted by molar-refractivity contribution is 6.03. The molecule has 1 heterocycles. The van der Waals surface area contributed by atoms with E-state index in [9.17, 15) is 9.59 Å². The van der Waals surface area contributed by atoms with Gasteiger partial charge < -0.3 is 25.1 Å². The van der Waals surface area contributed by atoms with Gasteiger partial charge in [0, 0.05) is 47.4 Å². The van der Waals surface area contributed by atoms with Gasteiger partial charge in [-0.15, -0.1) is 0 Å². The molecule has 0 unspecified atom stereocenters. The molecule has 3 N–H and O–H groups in total. The third-order valence-corrected chi connectivity index (χ3v) is 7.35. The summed E-state index contributed by atoms with van der Waals surface area (Å²) in [7, 11) is 3.75. The maximum absolute atomic E-state index is 12.3. The number of aldehydes is 1. The Morgan fingerprint density at radius 3 is 2.57 bits per heavy atom. The van der Waals surface area contributed by atoms with Gasteiger partial charge in [0.2, 0.25) is 0 Å². The first-order valence-electron chi connectivity index (χ1n) is 12.5. The predicted octanol–water partition coefficient (Wildman–Crippen LogP) is 5.86. The normalized spacial score (nSPS) is 14.7. The maximum Gasteiger partial charge on any atom is 0.250 e. The number of hydrogen-bond acceptors (Lipinski definition) is 4. The SMILES string of the molecule is COc1ccc2c(c1)c(-c1ccc(C(N)=O)c(NC3CCCCC3)c1)c(CC(C)(C)CC=O)n2C. The number of benzene rings is 2. The lowest BCUT2D eigenvalue weighted by atomic mass is 9.83. The minimum Gasteiger partial charge on any atom is -0.497 e. The number of nitrogens with zero attached hydrogens (tertiary/aromatic N) is 1. The van der Waals surface area contributed by atoms with Crippen molar-refractivity contribution in [1.82, 2.24) is 4.57 Å². The molecule has 1 fully saturated rings. The van der Waals surface area contributed by atoms with Gasteiger partial charge in [0.15, 0.2) is 0 Å². The fraction of sp³-hybridized carbons (Fsp3) is 0.448. The smallest absolute Gasteiger partial charge is 0.250 e. The molecule has 3 aromatic rings. The molecule has 0 aliphatic heterocycles. The Morgan fingerprint density at radius 1 is 1.17 bits per heavy atom. The monoisotopic (exact) mass is 475 g/mol. The van der Waals surface area contributed by atoms with Crippen LogP contribution in [0.2, 0.25) is 0 Å². The van der Waals surface area contributed by atoms with E-state index in [1.165, 1.54) is 19.3 Å². The fourth-order valence-electron chi connectivity index (χ4n) is 5.38. The molecule has 35 heavy (non-hydrogen) atoms. The summed E-state index contributed by atoms with van der Waals surface area (Å²) >= 11 is 0. The maximum atomic E-state index is 12.3. The second-order valence-corrected chi connectivity index (χ2v) is 10.6. The first-order valence-corrected chi connectivity index (χ1v) is 12.5. The van der Waals surface area contributed by atoms with Crippen molar-refractivity contribution in [3.63, 3.8) is 0 Å². The van der Waals surface area contributed by atoms with Crippen molar-refractivity contribution in [3.05, 3.63) is 47.7 Å². The van der Waals surface area contributed by atoms with Gasteiger partial charge in [0.25, 0.3) is 5.91 Å². The Kier molecular flexibility index (Phi) is 7.20. The average Bonchev–Trinajstić information content (AvgIpc) is 3.09. The van der Waals surface area contributed by atoms with Gasteiger partial charge in [-0.25, -0.2) is 0 Å². The summed E-state index contributed by atoms with van der Waals surface area (Å²) in [6.45, 7) is 4.24. The van der Waals surface area contributed by atoms with Gasteiger partial charge in [-0.2, -0.15) is 0 Å². The molecule has 4 rings (SSSR count). The molecular formula is C29H37N3O3. The summed E-state index contributed by atoms with van der Waals surface area (Å²) in [4.78, 5) is 23.6. The van der Waals surface area contributed by atoms with E-state index in [2.05, 4.69) is 49.0 Å². The van der Waals surface area contributed by atoms with Gasteiger partial charge >= 0.3 is 0 Å². The zero-order chi connectivity index (χ0) is 25.2. The van der Waals surface area contributed by atoms with Crippen LogP contribution in [-0.2, 0) is 18.3 Å².